The van der Waals surface area contributed by atoms with Gasteiger partial charge in [0.05, 0.1) is 0 Å². The Hall–Kier alpha value is -1.85. The molecule has 1 saturated carbocycles. The number of hydrogen-bond acceptors (Lipinski definition) is 3. The van der Waals surface area contributed by atoms with Crippen LogP contribution >= 0.6 is 0 Å². The normalized spacial score (nSPS) is 19.4. The molecule has 1 aromatic heterocycles. The topological polar surface area (TPSA) is 78.1 Å². The molecule has 21 heavy (non-hydrogen) atoms. The number of aromatic amines is 1. The van der Waals surface area contributed by atoms with E-state index in [1.54, 1.807) is 0 Å². The molecule has 1 aliphatic heterocycles. The van der Waals surface area contributed by atoms with Crippen molar-refractivity contribution >= 4 is 11.8 Å². The van der Waals surface area contributed by atoms with Crippen molar-refractivity contribution in [1.29, 1.82) is 0 Å². The molecule has 6 nitrogen and oxygen atoms in total. The molecule has 2 heterocycles. The molecular weight excluding hydrogens is 268 g/mol. The monoisotopic (exact) mass is 290 g/mol. The predicted molar refractivity (Wildman–Crippen MR) is 77.9 cm³/mol. The standard InChI is InChI=1S/C15H22N4O2/c20-14-4-2-1-3-8-19(14)9-7-16-15(21)13-10-12(17-18-13)11-5-6-11/h10-11H,1-9H2,(H,16,21)(H,17,18). The Kier molecular flexibility index (Phi) is 4.22. The van der Waals surface area contributed by atoms with Crippen molar-refractivity contribution < 1.29 is 9.59 Å². The number of nitrogens with one attached hydrogen (secondary N) is 2. The van der Waals surface area contributed by atoms with E-state index in [4.69, 9.17) is 0 Å². The lowest BCUT2D eigenvalue weighted by Gasteiger charge is -2.20. The summed E-state index contributed by atoms with van der Waals surface area (Å²) < 4.78 is 0. The van der Waals surface area contributed by atoms with E-state index in [1.165, 1.54) is 12.8 Å². The van der Waals surface area contributed by atoms with Gasteiger partial charge in [-0.1, -0.05) is 6.42 Å². The maximum atomic E-state index is 12.0. The van der Waals surface area contributed by atoms with Gasteiger partial charge in [0.25, 0.3) is 5.91 Å². The highest BCUT2D eigenvalue weighted by Crippen LogP contribution is 2.38. The molecule has 3 rings (SSSR count). The summed E-state index contributed by atoms with van der Waals surface area (Å²) in [7, 11) is 0. The first-order chi connectivity index (χ1) is 10.2. The third-order valence-electron chi connectivity index (χ3n) is 4.19. The molecule has 0 radical (unpaired) electrons. The average molecular weight is 290 g/mol. The Morgan fingerprint density at radius 2 is 2.24 bits per heavy atom. The van der Waals surface area contributed by atoms with Crippen LogP contribution < -0.4 is 5.32 Å². The SMILES string of the molecule is O=C(NCCN1CCCCCC1=O)c1cc(C2CC2)[nH]n1. The molecule has 1 aliphatic carbocycles. The molecule has 0 unspecified atom stereocenters. The summed E-state index contributed by atoms with van der Waals surface area (Å²) in [5.41, 5.74) is 1.50. The molecule has 0 spiro atoms. The van der Waals surface area contributed by atoms with Gasteiger partial charge in [0.1, 0.15) is 5.69 Å². The van der Waals surface area contributed by atoms with Crippen LogP contribution in [0.15, 0.2) is 6.07 Å². The van der Waals surface area contributed by atoms with Gasteiger partial charge in [-0.25, -0.2) is 0 Å². The van der Waals surface area contributed by atoms with Crippen LogP contribution in [0.4, 0.5) is 0 Å². The van der Waals surface area contributed by atoms with Crippen LogP contribution in [-0.2, 0) is 4.79 Å². The third-order valence-corrected chi connectivity index (χ3v) is 4.19. The second-order valence-corrected chi connectivity index (χ2v) is 5.93. The summed E-state index contributed by atoms with van der Waals surface area (Å²) in [6, 6.07) is 1.84. The van der Waals surface area contributed by atoms with E-state index >= 15 is 0 Å². The molecule has 6 heteroatoms. The maximum absolute atomic E-state index is 12.0. The summed E-state index contributed by atoms with van der Waals surface area (Å²) in [5.74, 6) is 0.603. The van der Waals surface area contributed by atoms with Crippen LogP contribution in [0.25, 0.3) is 0 Å². The summed E-state index contributed by atoms with van der Waals surface area (Å²) in [5, 5.41) is 9.83. The first-order valence-corrected chi connectivity index (χ1v) is 7.85. The Bertz CT molecular complexity index is 521. The minimum absolute atomic E-state index is 0.166. The Morgan fingerprint density at radius 3 is 3.05 bits per heavy atom. The number of nitrogens with zero attached hydrogens (tertiary/aromatic N) is 2. The van der Waals surface area contributed by atoms with E-state index in [9.17, 15) is 9.59 Å². The smallest absolute Gasteiger partial charge is 0.271 e. The van der Waals surface area contributed by atoms with Gasteiger partial charge < -0.3 is 10.2 Å². The van der Waals surface area contributed by atoms with E-state index in [0.717, 1.165) is 31.5 Å². The summed E-state index contributed by atoms with van der Waals surface area (Å²) in [4.78, 5) is 25.7. The van der Waals surface area contributed by atoms with Crippen LogP contribution in [0.2, 0.25) is 0 Å². The lowest BCUT2D eigenvalue weighted by Crippen LogP contribution is -2.38. The van der Waals surface area contributed by atoms with Gasteiger partial charge in [-0.2, -0.15) is 5.10 Å². The minimum Gasteiger partial charge on any atom is -0.349 e. The second-order valence-electron chi connectivity index (χ2n) is 5.93. The lowest BCUT2D eigenvalue weighted by molar-refractivity contribution is -0.130. The van der Waals surface area contributed by atoms with Crippen molar-refractivity contribution in [3.05, 3.63) is 17.5 Å². The van der Waals surface area contributed by atoms with Gasteiger partial charge in [0.15, 0.2) is 0 Å². The van der Waals surface area contributed by atoms with Crippen molar-refractivity contribution in [1.82, 2.24) is 20.4 Å². The van der Waals surface area contributed by atoms with Crippen molar-refractivity contribution in [2.24, 2.45) is 0 Å². The van der Waals surface area contributed by atoms with Crippen molar-refractivity contribution in [3.63, 3.8) is 0 Å². The lowest BCUT2D eigenvalue weighted by atomic mass is 10.2. The number of hydrogen-bond donors (Lipinski definition) is 2. The zero-order valence-corrected chi connectivity index (χ0v) is 12.2. The molecule has 2 N–H and O–H groups in total. The number of likely N-dealkylation sites (tertiary alicyclic amines) is 1. The number of amides is 2. The van der Waals surface area contributed by atoms with E-state index in [0.29, 0.717) is 31.1 Å². The highest BCUT2D eigenvalue weighted by molar-refractivity contribution is 5.92. The van der Waals surface area contributed by atoms with E-state index in [2.05, 4.69) is 15.5 Å². The molecule has 2 aliphatic rings. The Morgan fingerprint density at radius 1 is 1.38 bits per heavy atom. The fourth-order valence-corrected chi connectivity index (χ4v) is 2.73. The van der Waals surface area contributed by atoms with Crippen LogP contribution in [0.3, 0.4) is 0 Å². The quantitative estimate of drug-likeness (QED) is 0.861. The van der Waals surface area contributed by atoms with Crippen LogP contribution in [0.1, 0.15) is 60.6 Å². The molecular formula is C15H22N4O2. The predicted octanol–water partition coefficient (Wildman–Crippen LogP) is 1.42. The summed E-state index contributed by atoms with van der Waals surface area (Å²) in [6.45, 7) is 1.88. The van der Waals surface area contributed by atoms with Gasteiger partial charge in [0, 0.05) is 37.7 Å². The zero-order valence-electron chi connectivity index (χ0n) is 12.2. The molecule has 2 amide bonds. The highest BCUT2D eigenvalue weighted by Gasteiger charge is 2.26. The van der Waals surface area contributed by atoms with Crippen LogP contribution in [0.5, 0.6) is 0 Å². The van der Waals surface area contributed by atoms with Crippen molar-refractivity contribution in [3.8, 4) is 0 Å². The van der Waals surface area contributed by atoms with Gasteiger partial charge >= 0.3 is 0 Å². The van der Waals surface area contributed by atoms with Gasteiger partial charge in [-0.05, 0) is 31.7 Å². The molecule has 0 atom stereocenters. The fourth-order valence-electron chi connectivity index (χ4n) is 2.73. The summed E-state index contributed by atoms with van der Waals surface area (Å²) >= 11 is 0. The number of carbonyl (C=O) groups is 2. The number of H-pyrrole nitrogens is 1. The number of rotatable bonds is 5. The summed E-state index contributed by atoms with van der Waals surface area (Å²) in [6.07, 6.45) is 6.16. The minimum atomic E-state index is -0.166. The van der Waals surface area contributed by atoms with Crippen molar-refractivity contribution in [2.45, 2.75) is 44.4 Å². The molecule has 1 saturated heterocycles. The largest absolute Gasteiger partial charge is 0.349 e. The molecule has 1 aromatic rings. The molecule has 2 fully saturated rings. The van der Waals surface area contributed by atoms with E-state index in [1.807, 2.05) is 11.0 Å². The second kappa shape index (κ2) is 6.28. The van der Waals surface area contributed by atoms with Gasteiger partial charge in [-0.3, -0.25) is 14.7 Å². The molecule has 0 aromatic carbocycles. The van der Waals surface area contributed by atoms with Gasteiger partial charge in [-0.15, -0.1) is 0 Å². The Labute approximate surface area is 124 Å². The van der Waals surface area contributed by atoms with Crippen LogP contribution in [-0.4, -0.2) is 46.5 Å². The van der Waals surface area contributed by atoms with E-state index < -0.39 is 0 Å². The number of aromatic nitrogens is 2. The maximum Gasteiger partial charge on any atom is 0.271 e. The first-order valence-electron chi connectivity index (χ1n) is 7.85. The first kappa shape index (κ1) is 14.1. The molecule has 0 bridgehead atoms. The van der Waals surface area contributed by atoms with Crippen molar-refractivity contribution in [2.75, 3.05) is 19.6 Å². The Balaban J connectivity index is 1.45. The van der Waals surface area contributed by atoms with Crippen LogP contribution in [0, 0.1) is 0 Å². The highest BCUT2D eigenvalue weighted by atomic mass is 16.2. The van der Waals surface area contributed by atoms with Gasteiger partial charge in [0.2, 0.25) is 5.91 Å². The fraction of sp³-hybridized carbons (Fsp3) is 0.667. The zero-order chi connectivity index (χ0) is 14.7. The third kappa shape index (κ3) is 3.62. The van der Waals surface area contributed by atoms with E-state index in [-0.39, 0.29) is 11.8 Å². The number of carbonyl (C=O) groups excluding carboxylic acids is 2. The molecule has 114 valence electrons. The average Bonchev–Trinajstić information content (AvgIpc) is 3.25.